The molecule has 1 fully saturated rings. The van der Waals surface area contributed by atoms with Crippen molar-refractivity contribution in [1.29, 1.82) is 0 Å². The zero-order chi connectivity index (χ0) is 18.7. The van der Waals surface area contributed by atoms with Gasteiger partial charge >= 0.3 is 0 Å². The summed E-state index contributed by atoms with van der Waals surface area (Å²) in [5.74, 6) is 0.340. The van der Waals surface area contributed by atoms with E-state index in [0.29, 0.717) is 42.7 Å². The van der Waals surface area contributed by atoms with Crippen LogP contribution in [-0.4, -0.2) is 53.9 Å². The molecule has 3 rings (SSSR count). The van der Waals surface area contributed by atoms with E-state index in [1.165, 1.54) is 6.26 Å². The average Bonchev–Trinajstić information content (AvgIpc) is 3.19. The van der Waals surface area contributed by atoms with Crippen LogP contribution in [0, 0.1) is 0 Å². The van der Waals surface area contributed by atoms with Gasteiger partial charge in [-0.3, -0.25) is 9.59 Å². The number of amides is 2. The molecule has 0 unspecified atom stereocenters. The van der Waals surface area contributed by atoms with E-state index < -0.39 is 6.10 Å². The second kappa shape index (κ2) is 8.01. The van der Waals surface area contributed by atoms with Gasteiger partial charge in [0.1, 0.15) is 10.8 Å². The van der Waals surface area contributed by atoms with Crippen LogP contribution in [0.2, 0.25) is 10.0 Å². The second-order valence-electron chi connectivity index (χ2n) is 5.91. The Hall–Kier alpha value is -2.18. The number of benzene rings is 1. The highest BCUT2D eigenvalue weighted by molar-refractivity contribution is 6.42. The summed E-state index contributed by atoms with van der Waals surface area (Å²) in [6, 6.07) is 8.33. The van der Waals surface area contributed by atoms with Crippen LogP contribution >= 0.6 is 23.2 Å². The predicted octanol–water partition coefficient (Wildman–Crippen LogP) is 3.34. The molecule has 0 saturated carbocycles. The summed E-state index contributed by atoms with van der Waals surface area (Å²) in [5, 5.41) is 0.650. The first-order chi connectivity index (χ1) is 12.5. The number of hydrogen-bond acceptors (Lipinski definition) is 4. The van der Waals surface area contributed by atoms with E-state index >= 15 is 0 Å². The lowest BCUT2D eigenvalue weighted by Gasteiger charge is -2.35. The molecule has 1 atom stereocenters. The Bertz CT molecular complexity index is 786. The van der Waals surface area contributed by atoms with Gasteiger partial charge in [-0.25, -0.2) is 0 Å². The van der Waals surface area contributed by atoms with Crippen LogP contribution in [0.25, 0.3) is 0 Å². The Morgan fingerprint density at radius 3 is 2.42 bits per heavy atom. The Labute approximate surface area is 161 Å². The fourth-order valence-corrected chi connectivity index (χ4v) is 3.10. The van der Waals surface area contributed by atoms with Crippen molar-refractivity contribution in [3.63, 3.8) is 0 Å². The number of ether oxygens (including phenoxy) is 1. The van der Waals surface area contributed by atoms with Gasteiger partial charge in [0.05, 0.1) is 11.3 Å². The molecule has 1 aliphatic heterocycles. The molecule has 138 valence electrons. The lowest BCUT2D eigenvalue weighted by Crippen LogP contribution is -2.53. The normalized spacial score (nSPS) is 15.7. The third-order valence-electron chi connectivity index (χ3n) is 4.18. The van der Waals surface area contributed by atoms with Gasteiger partial charge in [-0.15, -0.1) is 0 Å². The number of furan rings is 1. The second-order valence-corrected chi connectivity index (χ2v) is 6.69. The molecule has 1 saturated heterocycles. The Kier molecular flexibility index (Phi) is 5.74. The van der Waals surface area contributed by atoms with Crippen molar-refractivity contribution in [3.05, 3.63) is 52.4 Å². The van der Waals surface area contributed by atoms with Gasteiger partial charge in [0.15, 0.2) is 11.9 Å². The van der Waals surface area contributed by atoms with E-state index in [2.05, 4.69) is 0 Å². The molecule has 2 heterocycles. The minimum atomic E-state index is -0.710. The molecule has 6 nitrogen and oxygen atoms in total. The third-order valence-corrected chi connectivity index (χ3v) is 4.98. The maximum Gasteiger partial charge on any atom is 0.289 e. The summed E-state index contributed by atoms with van der Waals surface area (Å²) >= 11 is 12.1. The van der Waals surface area contributed by atoms with Crippen LogP contribution in [0.15, 0.2) is 41.0 Å². The molecule has 2 aromatic rings. The smallest absolute Gasteiger partial charge is 0.289 e. The van der Waals surface area contributed by atoms with E-state index in [9.17, 15) is 9.59 Å². The molecular weight excluding hydrogens is 379 g/mol. The van der Waals surface area contributed by atoms with E-state index in [1.54, 1.807) is 47.1 Å². The van der Waals surface area contributed by atoms with Crippen molar-refractivity contribution in [2.75, 3.05) is 26.2 Å². The molecule has 1 aromatic carbocycles. The van der Waals surface area contributed by atoms with Gasteiger partial charge in [-0.2, -0.15) is 0 Å². The highest BCUT2D eigenvalue weighted by Crippen LogP contribution is 2.32. The molecule has 8 heteroatoms. The highest BCUT2D eigenvalue weighted by Gasteiger charge is 2.29. The number of piperazine rings is 1. The van der Waals surface area contributed by atoms with Gasteiger partial charge in [-0.1, -0.05) is 29.3 Å². The van der Waals surface area contributed by atoms with Crippen molar-refractivity contribution in [2.45, 2.75) is 13.0 Å². The molecular formula is C18H18Cl2N2O4. The monoisotopic (exact) mass is 396 g/mol. The van der Waals surface area contributed by atoms with Crippen molar-refractivity contribution in [3.8, 4) is 5.75 Å². The summed E-state index contributed by atoms with van der Waals surface area (Å²) in [4.78, 5) is 28.2. The first-order valence-corrected chi connectivity index (χ1v) is 8.95. The summed E-state index contributed by atoms with van der Waals surface area (Å²) in [6.45, 7) is 3.41. The molecule has 1 aliphatic rings. The minimum absolute atomic E-state index is 0.161. The molecule has 0 aliphatic carbocycles. The van der Waals surface area contributed by atoms with E-state index in [1.807, 2.05) is 0 Å². The van der Waals surface area contributed by atoms with Crippen LogP contribution in [-0.2, 0) is 4.79 Å². The molecule has 0 radical (unpaired) electrons. The van der Waals surface area contributed by atoms with Crippen molar-refractivity contribution >= 4 is 35.0 Å². The number of halogens is 2. The number of rotatable bonds is 4. The summed E-state index contributed by atoms with van der Waals surface area (Å²) in [5.41, 5.74) is 0. The highest BCUT2D eigenvalue weighted by atomic mass is 35.5. The van der Waals surface area contributed by atoms with Crippen LogP contribution < -0.4 is 4.74 Å². The standard InChI is InChI=1S/C18H18Cl2N2O4/c1-12(26-14-5-2-4-13(19)16(14)20)17(23)21-7-9-22(10-8-21)18(24)15-6-3-11-25-15/h2-6,11-12H,7-10H2,1H3/t12-/m1/s1. The van der Waals surface area contributed by atoms with Crippen LogP contribution in [0.1, 0.15) is 17.5 Å². The van der Waals surface area contributed by atoms with E-state index in [0.717, 1.165) is 0 Å². The van der Waals surface area contributed by atoms with E-state index in [-0.39, 0.29) is 16.8 Å². The number of carbonyl (C=O) groups excluding carboxylic acids is 2. The third kappa shape index (κ3) is 3.97. The molecule has 26 heavy (non-hydrogen) atoms. The maximum atomic E-state index is 12.6. The zero-order valence-electron chi connectivity index (χ0n) is 14.2. The Morgan fingerprint density at radius 2 is 1.77 bits per heavy atom. The lowest BCUT2D eigenvalue weighted by atomic mass is 10.2. The molecule has 0 N–H and O–H groups in total. The van der Waals surface area contributed by atoms with Crippen LogP contribution in [0.3, 0.4) is 0 Å². The first-order valence-electron chi connectivity index (χ1n) is 8.19. The summed E-state index contributed by atoms with van der Waals surface area (Å²) in [6.07, 6.45) is 0.755. The fourth-order valence-electron chi connectivity index (χ4n) is 2.76. The van der Waals surface area contributed by atoms with Gasteiger partial charge in [0.25, 0.3) is 11.8 Å². The number of carbonyl (C=O) groups is 2. The van der Waals surface area contributed by atoms with Gasteiger partial charge in [0.2, 0.25) is 0 Å². The predicted molar refractivity (Wildman–Crippen MR) is 97.7 cm³/mol. The van der Waals surface area contributed by atoms with Gasteiger partial charge in [-0.05, 0) is 31.2 Å². The minimum Gasteiger partial charge on any atom is -0.479 e. The Balaban J connectivity index is 1.56. The topological polar surface area (TPSA) is 63.0 Å². The average molecular weight is 397 g/mol. The largest absolute Gasteiger partial charge is 0.479 e. The van der Waals surface area contributed by atoms with Gasteiger partial charge in [0, 0.05) is 26.2 Å². The summed E-state index contributed by atoms with van der Waals surface area (Å²) < 4.78 is 10.8. The quantitative estimate of drug-likeness (QED) is 0.794. The first kappa shape index (κ1) is 18.6. The molecule has 1 aromatic heterocycles. The number of hydrogen-bond donors (Lipinski definition) is 0. The Morgan fingerprint density at radius 1 is 1.08 bits per heavy atom. The van der Waals surface area contributed by atoms with Crippen LogP contribution in [0.5, 0.6) is 5.75 Å². The molecule has 0 spiro atoms. The summed E-state index contributed by atoms with van der Waals surface area (Å²) in [7, 11) is 0. The lowest BCUT2D eigenvalue weighted by molar-refractivity contribution is -0.139. The van der Waals surface area contributed by atoms with E-state index in [4.69, 9.17) is 32.4 Å². The number of nitrogens with zero attached hydrogens (tertiary/aromatic N) is 2. The zero-order valence-corrected chi connectivity index (χ0v) is 15.7. The van der Waals surface area contributed by atoms with Crippen molar-refractivity contribution in [2.24, 2.45) is 0 Å². The molecule has 2 amide bonds. The SMILES string of the molecule is C[C@@H](Oc1cccc(Cl)c1Cl)C(=O)N1CCN(C(=O)c2ccco2)CC1. The van der Waals surface area contributed by atoms with Crippen LogP contribution in [0.4, 0.5) is 0 Å². The van der Waals surface area contributed by atoms with Crippen molar-refractivity contribution in [1.82, 2.24) is 9.80 Å². The fraction of sp³-hybridized carbons (Fsp3) is 0.333. The van der Waals surface area contributed by atoms with Gasteiger partial charge < -0.3 is 19.0 Å². The maximum absolute atomic E-state index is 12.6. The van der Waals surface area contributed by atoms with Crippen molar-refractivity contribution < 1.29 is 18.7 Å². The molecule has 0 bridgehead atoms.